The highest BCUT2D eigenvalue weighted by Gasteiger charge is 2.32. The summed E-state index contributed by atoms with van der Waals surface area (Å²) in [5, 5.41) is 15.5. The lowest BCUT2D eigenvalue weighted by molar-refractivity contribution is -0.386. The molecule has 1 aromatic carbocycles. The summed E-state index contributed by atoms with van der Waals surface area (Å²) in [5.41, 5.74) is 1.40. The first-order valence-electron chi connectivity index (χ1n) is 8.22. The van der Waals surface area contributed by atoms with Crippen LogP contribution in [0.3, 0.4) is 0 Å². The average molecular weight is 359 g/mol. The van der Waals surface area contributed by atoms with Gasteiger partial charge >= 0.3 is 11.7 Å². The van der Waals surface area contributed by atoms with Gasteiger partial charge in [0.15, 0.2) is 5.78 Å². The molecule has 0 bridgehead atoms. The largest absolute Gasteiger partial charge is 0.421 e. The van der Waals surface area contributed by atoms with Gasteiger partial charge in [-0.05, 0) is 44.4 Å². The number of carbonyl (C=O) groups excluding carboxylic acids is 2. The van der Waals surface area contributed by atoms with Crippen LogP contribution in [0.25, 0.3) is 0 Å². The zero-order valence-corrected chi connectivity index (χ0v) is 15.5. The Kier molecular flexibility index (Phi) is 5.54. The van der Waals surface area contributed by atoms with Crippen molar-refractivity contribution in [3.8, 4) is 5.75 Å². The van der Waals surface area contributed by atoms with E-state index in [0.29, 0.717) is 18.4 Å². The minimum absolute atomic E-state index is 0.0903. The maximum Gasteiger partial charge on any atom is 0.369 e. The van der Waals surface area contributed by atoms with Gasteiger partial charge < -0.3 is 4.74 Å². The third kappa shape index (κ3) is 3.63. The number of ether oxygens (including phenoxy) is 1. The molecule has 0 atom stereocenters. The number of carbonyl (C=O) groups is 2. The van der Waals surface area contributed by atoms with Crippen LogP contribution in [-0.2, 0) is 13.5 Å². The molecule has 0 fully saturated rings. The summed E-state index contributed by atoms with van der Waals surface area (Å²) in [7, 11) is 1.45. The Labute approximate surface area is 150 Å². The number of aryl methyl sites for hydroxylation is 4. The van der Waals surface area contributed by atoms with Crippen LogP contribution in [0.15, 0.2) is 12.1 Å². The molecule has 0 spiro atoms. The quantitative estimate of drug-likeness (QED) is 0.258. The SMILES string of the molecule is CCCc1nn(C)c(C(=O)Oc2cc(C)cc(C)c2C(C)=O)c1[N+](=O)[O-]. The molecule has 8 heteroatoms. The molecule has 0 N–H and O–H groups in total. The van der Waals surface area contributed by atoms with Crippen LogP contribution in [0.4, 0.5) is 5.69 Å². The standard InChI is InChI=1S/C18H21N3O5/c1-6-7-13-16(21(24)25)17(20(5)19-13)18(23)26-14-9-10(2)8-11(3)15(14)12(4)22/h8-9H,6-7H2,1-5H3. The Morgan fingerprint density at radius 3 is 2.50 bits per heavy atom. The van der Waals surface area contributed by atoms with E-state index in [1.165, 1.54) is 14.0 Å². The van der Waals surface area contributed by atoms with E-state index in [1.54, 1.807) is 26.0 Å². The van der Waals surface area contributed by atoms with Gasteiger partial charge in [0.25, 0.3) is 0 Å². The molecule has 0 unspecified atom stereocenters. The molecule has 138 valence electrons. The number of aromatic nitrogens is 2. The summed E-state index contributed by atoms with van der Waals surface area (Å²) >= 11 is 0. The maximum atomic E-state index is 12.7. The van der Waals surface area contributed by atoms with Gasteiger partial charge in [0.2, 0.25) is 5.69 Å². The minimum Gasteiger partial charge on any atom is -0.421 e. The van der Waals surface area contributed by atoms with Crippen molar-refractivity contribution in [2.24, 2.45) is 7.05 Å². The van der Waals surface area contributed by atoms with E-state index in [2.05, 4.69) is 5.10 Å². The number of Topliss-reactive ketones (excluding diaryl/α,β-unsaturated/α-hetero) is 1. The number of hydrogen-bond acceptors (Lipinski definition) is 6. The van der Waals surface area contributed by atoms with Crippen LogP contribution >= 0.6 is 0 Å². The van der Waals surface area contributed by atoms with Gasteiger partial charge in [0.05, 0.1) is 10.5 Å². The monoisotopic (exact) mass is 359 g/mol. The van der Waals surface area contributed by atoms with Crippen molar-refractivity contribution >= 4 is 17.4 Å². The molecular formula is C18H21N3O5. The molecule has 0 amide bonds. The van der Waals surface area contributed by atoms with Crippen LogP contribution in [0, 0.1) is 24.0 Å². The van der Waals surface area contributed by atoms with Crippen molar-refractivity contribution in [3.63, 3.8) is 0 Å². The van der Waals surface area contributed by atoms with Crippen molar-refractivity contribution in [2.45, 2.75) is 40.5 Å². The van der Waals surface area contributed by atoms with Gasteiger partial charge in [0, 0.05) is 7.05 Å². The Hall–Kier alpha value is -3.03. The molecule has 26 heavy (non-hydrogen) atoms. The summed E-state index contributed by atoms with van der Waals surface area (Å²) in [6.07, 6.45) is 1.03. The molecule has 0 saturated carbocycles. The van der Waals surface area contributed by atoms with E-state index in [1.807, 2.05) is 6.92 Å². The fraction of sp³-hybridized carbons (Fsp3) is 0.389. The van der Waals surface area contributed by atoms with E-state index < -0.39 is 10.9 Å². The Morgan fingerprint density at radius 2 is 1.96 bits per heavy atom. The van der Waals surface area contributed by atoms with Crippen molar-refractivity contribution < 1.29 is 19.2 Å². The normalized spacial score (nSPS) is 10.7. The third-order valence-corrected chi connectivity index (χ3v) is 3.95. The van der Waals surface area contributed by atoms with Crippen molar-refractivity contribution in [3.05, 3.63) is 50.3 Å². The fourth-order valence-electron chi connectivity index (χ4n) is 3.00. The molecule has 0 radical (unpaired) electrons. The second kappa shape index (κ2) is 7.47. The number of hydrogen-bond donors (Lipinski definition) is 0. The summed E-state index contributed by atoms with van der Waals surface area (Å²) in [6, 6.07) is 3.37. The molecule has 1 heterocycles. The van der Waals surface area contributed by atoms with Gasteiger partial charge in [-0.25, -0.2) is 4.79 Å². The first kappa shape index (κ1) is 19.3. The smallest absolute Gasteiger partial charge is 0.369 e. The van der Waals surface area contributed by atoms with Gasteiger partial charge in [-0.3, -0.25) is 19.6 Å². The van der Waals surface area contributed by atoms with E-state index in [4.69, 9.17) is 4.74 Å². The topological polar surface area (TPSA) is 104 Å². The number of nitrogens with zero attached hydrogens (tertiary/aromatic N) is 3. The Balaban J connectivity index is 2.53. The maximum absolute atomic E-state index is 12.7. The predicted octanol–water partition coefficient (Wildman–Crippen LogP) is 3.32. The van der Waals surface area contributed by atoms with Crippen LogP contribution in [0.5, 0.6) is 5.75 Å². The number of esters is 1. The Morgan fingerprint density at radius 1 is 1.31 bits per heavy atom. The summed E-state index contributed by atoms with van der Waals surface area (Å²) in [5.74, 6) is -1.08. The van der Waals surface area contributed by atoms with Gasteiger partial charge in [-0.15, -0.1) is 0 Å². The highest BCUT2D eigenvalue weighted by molar-refractivity contribution is 6.00. The number of rotatable bonds is 6. The third-order valence-electron chi connectivity index (χ3n) is 3.95. The van der Waals surface area contributed by atoms with Crippen LogP contribution in [0.1, 0.15) is 57.9 Å². The number of nitro groups is 1. The number of ketones is 1. The molecule has 2 aromatic rings. The van der Waals surface area contributed by atoms with E-state index in [9.17, 15) is 19.7 Å². The van der Waals surface area contributed by atoms with Crippen LogP contribution in [0.2, 0.25) is 0 Å². The lowest BCUT2D eigenvalue weighted by Gasteiger charge is -2.12. The fourth-order valence-corrected chi connectivity index (χ4v) is 3.00. The molecule has 2 rings (SSSR count). The molecule has 0 saturated heterocycles. The van der Waals surface area contributed by atoms with Crippen LogP contribution < -0.4 is 4.74 Å². The summed E-state index contributed by atoms with van der Waals surface area (Å²) in [6.45, 7) is 6.79. The second-order valence-corrected chi connectivity index (χ2v) is 6.18. The Bertz CT molecular complexity index is 899. The average Bonchev–Trinajstić information content (AvgIpc) is 2.82. The van der Waals surface area contributed by atoms with Gasteiger partial charge in [-0.1, -0.05) is 19.4 Å². The summed E-state index contributed by atoms with van der Waals surface area (Å²) < 4.78 is 6.55. The lowest BCUT2D eigenvalue weighted by atomic mass is 10.0. The molecule has 8 nitrogen and oxygen atoms in total. The zero-order chi connectivity index (χ0) is 19.6. The number of benzene rings is 1. The lowest BCUT2D eigenvalue weighted by Crippen LogP contribution is -2.17. The molecular weight excluding hydrogens is 338 g/mol. The van der Waals surface area contributed by atoms with Crippen molar-refractivity contribution in [1.82, 2.24) is 9.78 Å². The van der Waals surface area contributed by atoms with E-state index in [0.717, 1.165) is 10.2 Å². The molecule has 0 aliphatic carbocycles. The first-order valence-corrected chi connectivity index (χ1v) is 8.22. The van der Waals surface area contributed by atoms with E-state index in [-0.39, 0.29) is 34.2 Å². The molecule has 0 aliphatic rings. The highest BCUT2D eigenvalue weighted by Crippen LogP contribution is 2.29. The van der Waals surface area contributed by atoms with Gasteiger partial charge in [-0.2, -0.15) is 5.10 Å². The van der Waals surface area contributed by atoms with Crippen LogP contribution in [-0.4, -0.2) is 26.5 Å². The predicted molar refractivity (Wildman–Crippen MR) is 94.7 cm³/mol. The van der Waals surface area contributed by atoms with Crippen molar-refractivity contribution in [1.29, 1.82) is 0 Å². The van der Waals surface area contributed by atoms with Gasteiger partial charge in [0.1, 0.15) is 11.4 Å². The second-order valence-electron chi connectivity index (χ2n) is 6.18. The summed E-state index contributed by atoms with van der Waals surface area (Å²) in [4.78, 5) is 35.4. The zero-order valence-electron chi connectivity index (χ0n) is 15.5. The highest BCUT2D eigenvalue weighted by atomic mass is 16.6. The first-order chi connectivity index (χ1) is 12.2. The minimum atomic E-state index is -0.915. The molecule has 1 aromatic heterocycles. The van der Waals surface area contributed by atoms with Crippen molar-refractivity contribution in [2.75, 3.05) is 0 Å². The molecule has 0 aliphatic heterocycles. The van der Waals surface area contributed by atoms with E-state index >= 15 is 0 Å².